The fourth-order valence-electron chi connectivity index (χ4n) is 12.4. The van der Waals surface area contributed by atoms with Crippen molar-refractivity contribution in [2.75, 3.05) is 0 Å². The van der Waals surface area contributed by atoms with E-state index in [4.69, 9.17) is 19.9 Å². The summed E-state index contributed by atoms with van der Waals surface area (Å²) < 4.78 is 0. The molecule has 0 radical (unpaired) electrons. The minimum absolute atomic E-state index is 0.958. The van der Waals surface area contributed by atoms with Gasteiger partial charge in [-0.2, -0.15) is 0 Å². The third kappa shape index (κ3) is 9.09. The summed E-state index contributed by atoms with van der Waals surface area (Å²) in [5.74, 6) is 0. The molecule has 0 saturated heterocycles. The van der Waals surface area contributed by atoms with E-state index in [1.165, 1.54) is 75.8 Å². The van der Waals surface area contributed by atoms with E-state index in [2.05, 4.69) is 279 Å². The van der Waals surface area contributed by atoms with Crippen molar-refractivity contribution in [3.63, 3.8) is 0 Å². The molecule has 84 heavy (non-hydrogen) atoms. The molecule has 16 rings (SSSR count). The summed E-state index contributed by atoms with van der Waals surface area (Å²) in [7, 11) is 0. The summed E-state index contributed by atoms with van der Waals surface area (Å²) in [5, 5.41) is 14.8. The second kappa shape index (κ2) is 21.7. The van der Waals surface area contributed by atoms with Gasteiger partial charge in [-0.1, -0.05) is 255 Å². The lowest BCUT2D eigenvalue weighted by Crippen LogP contribution is -1.94. The SMILES string of the molecule is c1ccc(-c2cc(-c3cccc4c5ccccc5c5cccc(-c6ccnc(-c7ccccc7)c6)c5c34)ccn2)cc1.c1ccc(-c2cccc(-c3cccc4c5ccccc5c5cccc(-c6cccc(-c7ccccc7)n6)c5c34)n2)cc1. The molecule has 392 valence electrons. The van der Waals surface area contributed by atoms with Gasteiger partial charge in [0.15, 0.2) is 0 Å². The molecular formula is C80H52N4. The molecule has 4 heteroatoms. The van der Waals surface area contributed by atoms with Crippen molar-refractivity contribution in [2.45, 2.75) is 0 Å². The van der Waals surface area contributed by atoms with E-state index < -0.39 is 0 Å². The van der Waals surface area contributed by atoms with Gasteiger partial charge < -0.3 is 0 Å². The fourth-order valence-corrected chi connectivity index (χ4v) is 12.4. The fraction of sp³-hybridized carbons (Fsp3) is 0. The Morgan fingerprint density at radius 3 is 0.774 bits per heavy atom. The number of hydrogen-bond acceptors (Lipinski definition) is 4. The van der Waals surface area contributed by atoms with Gasteiger partial charge in [-0.25, -0.2) is 9.97 Å². The molecule has 0 bridgehead atoms. The molecule has 0 N–H and O–H groups in total. The standard InChI is InChI=1S/2C40H26N2/c1-3-13-27(14-4-1)35-23-11-25-37(41-35)33-21-9-19-31-29-17-7-8-18-30(29)32-20-10-22-34(40(32)39(31)33)38-26-12-24-36(42-38)28-15-5-2-6-16-28;1-3-11-27(12-4-1)37-25-29(21-23-41-37)31-17-9-19-35-33-15-7-8-16-34(33)36-20-10-18-32(40(36)39(31)35)30-22-24-42-38(26-30)28-13-5-2-6-14-28/h2*1-26H. The highest BCUT2D eigenvalue weighted by atomic mass is 14.7. The molecular weight excluding hydrogens is 1020 g/mol. The zero-order chi connectivity index (χ0) is 55.8. The van der Waals surface area contributed by atoms with E-state index in [0.29, 0.717) is 0 Å². The van der Waals surface area contributed by atoms with Crippen LogP contribution in [0.2, 0.25) is 0 Å². The monoisotopic (exact) mass is 1070 g/mol. The lowest BCUT2D eigenvalue weighted by molar-refractivity contribution is 1.33. The number of rotatable bonds is 8. The van der Waals surface area contributed by atoms with E-state index in [1.807, 2.05) is 36.7 Å². The Labute approximate surface area is 487 Å². The number of benzene rings is 12. The van der Waals surface area contributed by atoms with Crippen LogP contribution >= 0.6 is 0 Å². The third-order valence-corrected chi connectivity index (χ3v) is 16.2. The number of hydrogen-bond donors (Lipinski definition) is 0. The molecule has 0 amide bonds. The minimum atomic E-state index is 0.958. The van der Waals surface area contributed by atoms with Gasteiger partial charge >= 0.3 is 0 Å². The molecule has 0 spiro atoms. The molecule has 12 aromatic carbocycles. The molecule has 16 aromatic rings. The van der Waals surface area contributed by atoms with Crippen molar-refractivity contribution in [3.8, 4) is 89.8 Å². The van der Waals surface area contributed by atoms with Crippen molar-refractivity contribution >= 4 is 64.6 Å². The molecule has 0 fully saturated rings. The van der Waals surface area contributed by atoms with Crippen LogP contribution in [0.5, 0.6) is 0 Å². The zero-order valence-corrected chi connectivity index (χ0v) is 45.8. The highest BCUT2D eigenvalue weighted by Crippen LogP contribution is 2.46. The quantitative estimate of drug-likeness (QED) is 0.142. The first-order chi connectivity index (χ1) is 41.7. The van der Waals surface area contributed by atoms with Crippen LogP contribution in [0.15, 0.2) is 316 Å². The van der Waals surface area contributed by atoms with Crippen LogP contribution < -0.4 is 0 Å². The van der Waals surface area contributed by atoms with Gasteiger partial charge in [-0.05, 0) is 125 Å². The van der Waals surface area contributed by atoms with Gasteiger partial charge in [0.1, 0.15) is 0 Å². The number of aromatic nitrogens is 4. The van der Waals surface area contributed by atoms with Gasteiger partial charge in [-0.3, -0.25) is 9.97 Å². The highest BCUT2D eigenvalue weighted by Gasteiger charge is 2.20. The van der Waals surface area contributed by atoms with Crippen molar-refractivity contribution in [3.05, 3.63) is 316 Å². The average molecular weight is 1070 g/mol. The zero-order valence-electron chi connectivity index (χ0n) is 45.8. The topological polar surface area (TPSA) is 51.6 Å². The van der Waals surface area contributed by atoms with Crippen LogP contribution in [-0.2, 0) is 0 Å². The van der Waals surface area contributed by atoms with Crippen LogP contribution in [0.4, 0.5) is 0 Å². The van der Waals surface area contributed by atoms with Crippen molar-refractivity contribution in [1.82, 2.24) is 19.9 Å². The molecule has 0 aliphatic heterocycles. The molecule has 0 aliphatic rings. The predicted molar refractivity (Wildman–Crippen MR) is 353 cm³/mol. The Hall–Kier alpha value is -11.2. The van der Waals surface area contributed by atoms with Gasteiger partial charge in [0, 0.05) is 56.5 Å². The van der Waals surface area contributed by atoms with E-state index in [1.54, 1.807) is 0 Å². The Bertz CT molecular complexity index is 4470. The molecule has 4 aromatic heterocycles. The van der Waals surface area contributed by atoms with E-state index in [0.717, 1.165) is 78.7 Å². The smallest absolute Gasteiger partial charge is 0.0715 e. The van der Waals surface area contributed by atoms with E-state index in [-0.39, 0.29) is 0 Å². The maximum absolute atomic E-state index is 5.19. The number of pyridine rings is 4. The van der Waals surface area contributed by atoms with Crippen molar-refractivity contribution in [2.24, 2.45) is 0 Å². The molecule has 0 atom stereocenters. The second-order valence-corrected chi connectivity index (χ2v) is 21.1. The van der Waals surface area contributed by atoms with Crippen LogP contribution in [-0.4, -0.2) is 19.9 Å². The lowest BCUT2D eigenvalue weighted by atomic mass is 9.86. The second-order valence-electron chi connectivity index (χ2n) is 21.1. The van der Waals surface area contributed by atoms with E-state index in [9.17, 15) is 0 Å². The Kier molecular flexibility index (Phi) is 12.9. The Morgan fingerprint density at radius 1 is 0.167 bits per heavy atom. The van der Waals surface area contributed by atoms with E-state index >= 15 is 0 Å². The molecule has 4 nitrogen and oxygen atoms in total. The summed E-state index contributed by atoms with van der Waals surface area (Å²) in [6.45, 7) is 0. The summed E-state index contributed by atoms with van der Waals surface area (Å²) >= 11 is 0. The summed E-state index contributed by atoms with van der Waals surface area (Å²) in [6, 6.07) is 107. The highest BCUT2D eigenvalue weighted by molar-refractivity contribution is 6.32. The largest absolute Gasteiger partial charge is 0.256 e. The summed E-state index contributed by atoms with van der Waals surface area (Å²) in [4.78, 5) is 19.8. The van der Waals surface area contributed by atoms with Gasteiger partial charge in [-0.15, -0.1) is 0 Å². The lowest BCUT2D eigenvalue weighted by Gasteiger charge is -2.18. The number of fused-ring (bicyclic) bond motifs is 12. The predicted octanol–water partition coefficient (Wildman–Crippen LogP) is 21.2. The Morgan fingerprint density at radius 2 is 0.429 bits per heavy atom. The maximum Gasteiger partial charge on any atom is 0.0715 e. The first kappa shape index (κ1) is 49.8. The molecule has 0 unspecified atom stereocenters. The van der Waals surface area contributed by atoms with Gasteiger partial charge in [0.05, 0.1) is 34.2 Å². The molecule has 0 saturated carbocycles. The van der Waals surface area contributed by atoms with Crippen LogP contribution in [0, 0.1) is 0 Å². The van der Waals surface area contributed by atoms with Crippen molar-refractivity contribution in [1.29, 1.82) is 0 Å². The first-order valence-corrected chi connectivity index (χ1v) is 28.5. The third-order valence-electron chi connectivity index (χ3n) is 16.2. The maximum atomic E-state index is 5.19. The van der Waals surface area contributed by atoms with Crippen LogP contribution in [0.3, 0.4) is 0 Å². The van der Waals surface area contributed by atoms with Gasteiger partial charge in [0.25, 0.3) is 0 Å². The molecule has 4 heterocycles. The summed E-state index contributed by atoms with van der Waals surface area (Å²) in [5.41, 5.74) is 17.2. The summed E-state index contributed by atoms with van der Waals surface area (Å²) in [6.07, 6.45) is 3.85. The minimum Gasteiger partial charge on any atom is -0.256 e. The number of nitrogens with zero attached hydrogens (tertiary/aromatic N) is 4. The normalized spacial score (nSPS) is 11.3. The van der Waals surface area contributed by atoms with Gasteiger partial charge in [0.2, 0.25) is 0 Å². The average Bonchev–Trinajstić information content (AvgIpc) is 2.10. The van der Waals surface area contributed by atoms with Crippen LogP contribution in [0.1, 0.15) is 0 Å². The first-order valence-electron chi connectivity index (χ1n) is 28.5. The molecule has 0 aliphatic carbocycles. The van der Waals surface area contributed by atoms with Crippen molar-refractivity contribution < 1.29 is 0 Å². The Balaban J connectivity index is 0.000000143. The van der Waals surface area contributed by atoms with Crippen LogP contribution in [0.25, 0.3) is 154 Å².